The lowest BCUT2D eigenvalue weighted by molar-refractivity contribution is 0.0947. The van der Waals surface area contributed by atoms with E-state index in [-0.39, 0.29) is 11.3 Å². The lowest BCUT2D eigenvalue weighted by Gasteiger charge is -2.22. The summed E-state index contributed by atoms with van der Waals surface area (Å²) >= 11 is 7.66. The maximum atomic E-state index is 12.4. The zero-order valence-electron chi connectivity index (χ0n) is 18.2. The molecule has 0 fully saturated rings. The molecule has 0 saturated heterocycles. The Morgan fingerprint density at radius 1 is 0.968 bits per heavy atom. The largest absolute Gasteiger partial charge is 0.491 e. The summed E-state index contributed by atoms with van der Waals surface area (Å²) in [5.41, 5.74) is 2.98. The third kappa shape index (κ3) is 7.05. The molecule has 31 heavy (non-hydrogen) atoms. The first kappa shape index (κ1) is 23.2. The van der Waals surface area contributed by atoms with Crippen LogP contribution in [0.25, 0.3) is 0 Å². The van der Waals surface area contributed by atoms with Crippen molar-refractivity contribution in [1.29, 1.82) is 0 Å². The number of carbonyl (C=O) groups excluding carboxylic acids is 1. The highest BCUT2D eigenvalue weighted by atomic mass is 35.5. The molecule has 0 spiro atoms. The van der Waals surface area contributed by atoms with Crippen LogP contribution >= 0.6 is 23.4 Å². The van der Waals surface area contributed by atoms with Crippen molar-refractivity contribution in [3.63, 3.8) is 0 Å². The highest BCUT2D eigenvalue weighted by molar-refractivity contribution is 7.98. The summed E-state index contributed by atoms with van der Waals surface area (Å²) in [5.74, 6) is 1.61. The van der Waals surface area contributed by atoms with Gasteiger partial charge in [0.2, 0.25) is 0 Å². The van der Waals surface area contributed by atoms with Crippen molar-refractivity contribution < 1.29 is 9.53 Å². The Kier molecular flexibility index (Phi) is 8.05. The third-order valence-electron chi connectivity index (χ3n) is 4.78. The number of hydrogen-bond acceptors (Lipinski definition) is 3. The molecule has 3 nitrogen and oxygen atoms in total. The summed E-state index contributed by atoms with van der Waals surface area (Å²) in [4.78, 5) is 13.6. The maximum absolute atomic E-state index is 12.4. The van der Waals surface area contributed by atoms with Gasteiger partial charge in [-0.05, 0) is 59.0 Å². The zero-order chi connectivity index (χ0) is 22.3. The first-order valence-electron chi connectivity index (χ1n) is 10.3. The number of benzene rings is 3. The molecule has 5 heteroatoms. The van der Waals surface area contributed by atoms with E-state index < -0.39 is 0 Å². The van der Waals surface area contributed by atoms with E-state index in [0.29, 0.717) is 18.7 Å². The van der Waals surface area contributed by atoms with Crippen LogP contribution in [0, 0.1) is 0 Å². The minimum absolute atomic E-state index is 0.00737. The fraction of sp³-hybridized carbons (Fsp3) is 0.269. The Balaban J connectivity index is 1.45. The molecule has 0 aliphatic carbocycles. The fourth-order valence-corrected chi connectivity index (χ4v) is 4.07. The van der Waals surface area contributed by atoms with Crippen molar-refractivity contribution >= 4 is 29.3 Å². The van der Waals surface area contributed by atoms with Gasteiger partial charge >= 0.3 is 0 Å². The molecule has 0 radical (unpaired) electrons. The molecule has 1 N–H and O–H groups in total. The second-order valence-corrected chi connectivity index (χ2v) is 9.78. The van der Waals surface area contributed by atoms with Crippen LogP contribution in [0.4, 0.5) is 0 Å². The normalized spacial score (nSPS) is 11.2. The van der Waals surface area contributed by atoms with E-state index in [1.807, 2.05) is 66.7 Å². The minimum atomic E-state index is -0.0930. The summed E-state index contributed by atoms with van der Waals surface area (Å²) in [6.45, 7) is 7.36. The first-order chi connectivity index (χ1) is 14.8. The zero-order valence-corrected chi connectivity index (χ0v) is 19.7. The summed E-state index contributed by atoms with van der Waals surface area (Å²) in [6.07, 6.45) is 0. The predicted octanol–water partition coefficient (Wildman–Crippen LogP) is 6.74. The number of nitrogens with one attached hydrogen (secondary N) is 1. The van der Waals surface area contributed by atoms with Gasteiger partial charge in [-0.1, -0.05) is 62.7 Å². The average molecular weight is 454 g/mol. The average Bonchev–Trinajstić information content (AvgIpc) is 2.76. The topological polar surface area (TPSA) is 38.3 Å². The Labute approximate surface area is 194 Å². The molecule has 3 aromatic carbocycles. The molecular formula is C26H28ClNO2S. The van der Waals surface area contributed by atoms with Gasteiger partial charge in [-0.2, -0.15) is 0 Å². The van der Waals surface area contributed by atoms with Crippen LogP contribution in [-0.2, 0) is 11.2 Å². The SMILES string of the molecule is CC(C)(C)c1ccccc1OCCNC(=O)c1ccc(CSc2ccc(Cl)cc2)cc1. The summed E-state index contributed by atoms with van der Waals surface area (Å²) in [7, 11) is 0. The van der Waals surface area contributed by atoms with E-state index in [1.165, 1.54) is 10.5 Å². The Morgan fingerprint density at radius 2 is 1.65 bits per heavy atom. The number of hydrogen-bond donors (Lipinski definition) is 1. The molecule has 0 atom stereocenters. The lowest BCUT2D eigenvalue weighted by Crippen LogP contribution is -2.28. The van der Waals surface area contributed by atoms with Crippen LogP contribution in [0.1, 0.15) is 42.3 Å². The molecule has 0 bridgehead atoms. The molecular weight excluding hydrogens is 426 g/mol. The first-order valence-corrected chi connectivity index (χ1v) is 11.7. The van der Waals surface area contributed by atoms with Gasteiger partial charge in [0, 0.05) is 21.2 Å². The maximum Gasteiger partial charge on any atom is 0.251 e. The molecule has 0 aliphatic rings. The Bertz CT molecular complexity index is 995. The van der Waals surface area contributed by atoms with Crippen molar-refractivity contribution in [2.75, 3.05) is 13.2 Å². The van der Waals surface area contributed by atoms with E-state index in [9.17, 15) is 4.79 Å². The van der Waals surface area contributed by atoms with Gasteiger partial charge in [0.15, 0.2) is 0 Å². The quantitative estimate of drug-likeness (QED) is 0.303. The number of ether oxygens (including phenoxy) is 1. The van der Waals surface area contributed by atoms with E-state index in [4.69, 9.17) is 16.3 Å². The van der Waals surface area contributed by atoms with Crippen LogP contribution in [0.2, 0.25) is 5.02 Å². The number of halogens is 1. The van der Waals surface area contributed by atoms with E-state index in [2.05, 4.69) is 32.2 Å². The van der Waals surface area contributed by atoms with Crippen LogP contribution in [0.3, 0.4) is 0 Å². The number of amides is 1. The van der Waals surface area contributed by atoms with Gasteiger partial charge in [0.25, 0.3) is 5.91 Å². The van der Waals surface area contributed by atoms with E-state index in [0.717, 1.165) is 22.1 Å². The minimum Gasteiger partial charge on any atom is -0.491 e. The van der Waals surface area contributed by atoms with Crippen molar-refractivity contribution in [2.45, 2.75) is 36.8 Å². The Hall–Kier alpha value is -2.43. The van der Waals surface area contributed by atoms with E-state index in [1.54, 1.807) is 11.8 Å². The second kappa shape index (κ2) is 10.7. The fourth-order valence-electron chi connectivity index (χ4n) is 3.09. The summed E-state index contributed by atoms with van der Waals surface area (Å²) in [6, 6.07) is 23.6. The third-order valence-corrected chi connectivity index (χ3v) is 6.11. The van der Waals surface area contributed by atoms with Crippen molar-refractivity contribution in [2.24, 2.45) is 0 Å². The standard InChI is InChI=1S/C26H28ClNO2S/c1-26(2,3)23-6-4-5-7-24(23)30-17-16-28-25(29)20-10-8-19(9-11-20)18-31-22-14-12-21(27)13-15-22/h4-15H,16-18H2,1-3H3,(H,28,29). The Morgan fingerprint density at radius 3 is 2.32 bits per heavy atom. The van der Waals surface area contributed by atoms with Gasteiger partial charge < -0.3 is 10.1 Å². The van der Waals surface area contributed by atoms with E-state index >= 15 is 0 Å². The highest BCUT2D eigenvalue weighted by Gasteiger charge is 2.18. The number of thioether (sulfide) groups is 1. The summed E-state index contributed by atoms with van der Waals surface area (Å²) in [5, 5.41) is 3.67. The summed E-state index contributed by atoms with van der Waals surface area (Å²) < 4.78 is 5.92. The van der Waals surface area contributed by atoms with Crippen molar-refractivity contribution in [1.82, 2.24) is 5.32 Å². The van der Waals surface area contributed by atoms with Gasteiger partial charge in [0.1, 0.15) is 12.4 Å². The van der Waals surface area contributed by atoms with Crippen molar-refractivity contribution in [3.8, 4) is 5.75 Å². The molecule has 0 unspecified atom stereocenters. The van der Waals surface area contributed by atoms with Crippen LogP contribution in [0.15, 0.2) is 77.7 Å². The molecule has 162 valence electrons. The smallest absolute Gasteiger partial charge is 0.251 e. The molecule has 1 amide bonds. The lowest BCUT2D eigenvalue weighted by atomic mass is 9.86. The van der Waals surface area contributed by atoms with Gasteiger partial charge in [-0.3, -0.25) is 4.79 Å². The molecule has 0 aliphatic heterocycles. The van der Waals surface area contributed by atoms with Crippen LogP contribution < -0.4 is 10.1 Å². The van der Waals surface area contributed by atoms with Gasteiger partial charge in [-0.15, -0.1) is 11.8 Å². The van der Waals surface area contributed by atoms with Gasteiger partial charge in [0.05, 0.1) is 6.54 Å². The predicted molar refractivity (Wildman–Crippen MR) is 130 cm³/mol. The molecule has 3 rings (SSSR count). The monoisotopic (exact) mass is 453 g/mol. The number of rotatable bonds is 8. The number of para-hydroxylation sites is 1. The molecule has 0 saturated carbocycles. The second-order valence-electron chi connectivity index (χ2n) is 8.29. The number of carbonyl (C=O) groups is 1. The van der Waals surface area contributed by atoms with Gasteiger partial charge in [-0.25, -0.2) is 0 Å². The molecule has 3 aromatic rings. The van der Waals surface area contributed by atoms with Crippen LogP contribution in [0.5, 0.6) is 5.75 Å². The molecule has 0 aromatic heterocycles. The van der Waals surface area contributed by atoms with Crippen molar-refractivity contribution in [3.05, 3.63) is 94.5 Å². The molecule has 0 heterocycles. The highest BCUT2D eigenvalue weighted by Crippen LogP contribution is 2.30. The van der Waals surface area contributed by atoms with Crippen LogP contribution in [-0.4, -0.2) is 19.1 Å².